The van der Waals surface area contributed by atoms with E-state index in [1.54, 1.807) is 0 Å². The van der Waals surface area contributed by atoms with E-state index < -0.39 is 0 Å². The molecule has 23 heavy (non-hydrogen) atoms. The number of aryl methyl sites for hydroxylation is 1. The fraction of sp³-hybridized carbons (Fsp3) is 0.368. The van der Waals surface area contributed by atoms with E-state index in [9.17, 15) is 5.11 Å². The first kappa shape index (κ1) is 18.0. The Labute approximate surface area is 146 Å². The highest BCUT2D eigenvalue weighted by molar-refractivity contribution is 9.10. The molecule has 0 aromatic heterocycles. The van der Waals surface area contributed by atoms with Crippen molar-refractivity contribution < 1.29 is 9.84 Å². The van der Waals surface area contributed by atoms with Gasteiger partial charge in [-0.3, -0.25) is 0 Å². The van der Waals surface area contributed by atoms with E-state index >= 15 is 0 Å². The highest BCUT2D eigenvalue weighted by atomic mass is 79.9. The summed E-state index contributed by atoms with van der Waals surface area (Å²) in [5.74, 6) is 0.870. The Kier molecular flexibility index (Phi) is 7.09. The Balaban J connectivity index is 2.05. The lowest BCUT2D eigenvalue weighted by molar-refractivity contribution is 0.237. The summed E-state index contributed by atoms with van der Waals surface area (Å²) in [5.41, 5.74) is 3.48. The van der Waals surface area contributed by atoms with Gasteiger partial charge in [-0.15, -0.1) is 0 Å². The van der Waals surface area contributed by atoms with Crippen LogP contribution in [0.3, 0.4) is 0 Å². The molecule has 0 aliphatic carbocycles. The van der Waals surface area contributed by atoms with Gasteiger partial charge in [-0.05, 0) is 37.1 Å². The van der Waals surface area contributed by atoms with Crippen LogP contribution in [0, 0.1) is 6.92 Å². The topological polar surface area (TPSA) is 41.5 Å². The van der Waals surface area contributed by atoms with Gasteiger partial charge in [-0.2, -0.15) is 0 Å². The van der Waals surface area contributed by atoms with Crippen LogP contribution in [0.1, 0.15) is 30.0 Å². The Bertz CT molecular complexity index is 627. The van der Waals surface area contributed by atoms with Crippen LogP contribution in [0.4, 0.5) is 0 Å². The van der Waals surface area contributed by atoms with Gasteiger partial charge in [0.2, 0.25) is 0 Å². The van der Waals surface area contributed by atoms with Crippen molar-refractivity contribution in [2.24, 2.45) is 0 Å². The Morgan fingerprint density at radius 3 is 2.74 bits per heavy atom. The average Bonchev–Trinajstić information content (AvgIpc) is 2.55. The lowest BCUT2D eigenvalue weighted by Crippen LogP contribution is -2.31. The number of nitrogens with one attached hydrogen (secondary N) is 1. The number of rotatable bonds is 8. The number of halogens is 1. The van der Waals surface area contributed by atoms with E-state index in [0.29, 0.717) is 13.2 Å². The molecule has 3 nitrogen and oxygen atoms in total. The van der Waals surface area contributed by atoms with Crippen molar-refractivity contribution in [1.29, 1.82) is 0 Å². The van der Waals surface area contributed by atoms with E-state index in [0.717, 1.165) is 27.8 Å². The predicted molar refractivity (Wildman–Crippen MR) is 97.7 cm³/mol. The van der Waals surface area contributed by atoms with Crippen LogP contribution >= 0.6 is 15.9 Å². The third kappa shape index (κ3) is 5.65. The second-order valence-electron chi connectivity index (χ2n) is 5.70. The molecule has 0 spiro atoms. The standard InChI is InChI=1S/C19H24BrNO2/c1-3-18(12-22)21-11-16-10-17(20)7-8-19(16)23-13-15-6-4-5-14(2)9-15/h4-10,18,21-22H,3,11-13H2,1-2H3/t18-/m1/s1. The second kappa shape index (κ2) is 9.06. The van der Waals surface area contributed by atoms with Crippen LogP contribution in [-0.2, 0) is 13.2 Å². The Morgan fingerprint density at radius 1 is 1.22 bits per heavy atom. The summed E-state index contributed by atoms with van der Waals surface area (Å²) in [5, 5.41) is 12.7. The van der Waals surface area contributed by atoms with Gasteiger partial charge in [0, 0.05) is 22.6 Å². The summed E-state index contributed by atoms with van der Waals surface area (Å²) in [6.45, 7) is 5.50. The molecule has 0 saturated heterocycles. The van der Waals surface area contributed by atoms with Crippen LogP contribution in [0.2, 0.25) is 0 Å². The van der Waals surface area contributed by atoms with Crippen molar-refractivity contribution in [1.82, 2.24) is 5.32 Å². The molecule has 1 atom stereocenters. The number of ether oxygens (including phenoxy) is 1. The van der Waals surface area contributed by atoms with E-state index in [1.165, 1.54) is 5.56 Å². The zero-order valence-electron chi connectivity index (χ0n) is 13.7. The summed E-state index contributed by atoms with van der Waals surface area (Å²) in [7, 11) is 0. The molecule has 0 unspecified atom stereocenters. The van der Waals surface area contributed by atoms with Crippen molar-refractivity contribution in [3.63, 3.8) is 0 Å². The monoisotopic (exact) mass is 377 g/mol. The maximum absolute atomic E-state index is 9.30. The molecule has 2 N–H and O–H groups in total. The van der Waals surface area contributed by atoms with E-state index in [4.69, 9.17) is 4.74 Å². The maximum Gasteiger partial charge on any atom is 0.124 e. The van der Waals surface area contributed by atoms with Crippen LogP contribution in [0.5, 0.6) is 5.75 Å². The third-order valence-electron chi connectivity index (χ3n) is 3.79. The first-order valence-corrected chi connectivity index (χ1v) is 8.72. The first-order valence-electron chi connectivity index (χ1n) is 7.93. The highest BCUT2D eigenvalue weighted by Gasteiger charge is 2.09. The number of aliphatic hydroxyl groups is 1. The minimum atomic E-state index is 0.110. The van der Waals surface area contributed by atoms with Gasteiger partial charge in [0.15, 0.2) is 0 Å². The van der Waals surface area contributed by atoms with Crippen LogP contribution in [0.15, 0.2) is 46.9 Å². The molecule has 0 aliphatic rings. The molecule has 0 heterocycles. The van der Waals surface area contributed by atoms with Gasteiger partial charge in [0.25, 0.3) is 0 Å². The molecule has 0 bridgehead atoms. The minimum Gasteiger partial charge on any atom is -0.489 e. The SMILES string of the molecule is CC[C@H](CO)NCc1cc(Br)ccc1OCc1cccc(C)c1. The van der Waals surface area contributed by atoms with Crippen LogP contribution in [0.25, 0.3) is 0 Å². The second-order valence-corrected chi connectivity index (χ2v) is 6.61. The predicted octanol–water partition coefficient (Wildman–Crippen LogP) is 4.20. The minimum absolute atomic E-state index is 0.110. The van der Waals surface area contributed by atoms with Gasteiger partial charge in [0.05, 0.1) is 6.61 Å². The van der Waals surface area contributed by atoms with Crippen molar-refractivity contribution >= 4 is 15.9 Å². The zero-order valence-corrected chi connectivity index (χ0v) is 15.3. The molecule has 0 saturated carbocycles. The van der Waals surface area contributed by atoms with E-state index in [2.05, 4.69) is 59.4 Å². The summed E-state index contributed by atoms with van der Waals surface area (Å²) in [6.07, 6.45) is 0.893. The van der Waals surface area contributed by atoms with Crippen LogP contribution < -0.4 is 10.1 Å². The number of hydrogen-bond acceptors (Lipinski definition) is 3. The van der Waals surface area contributed by atoms with E-state index in [-0.39, 0.29) is 12.6 Å². The molecule has 4 heteroatoms. The van der Waals surface area contributed by atoms with Crippen molar-refractivity contribution in [2.45, 2.75) is 39.5 Å². The molecule has 0 fully saturated rings. The lowest BCUT2D eigenvalue weighted by Gasteiger charge is -2.17. The Morgan fingerprint density at radius 2 is 2.04 bits per heavy atom. The Hall–Kier alpha value is -1.36. The quantitative estimate of drug-likeness (QED) is 0.724. The first-order chi connectivity index (χ1) is 11.1. The van der Waals surface area contributed by atoms with Crippen LogP contribution in [-0.4, -0.2) is 17.8 Å². The molecule has 0 aliphatic heterocycles. The van der Waals surface area contributed by atoms with Gasteiger partial charge < -0.3 is 15.2 Å². The third-order valence-corrected chi connectivity index (χ3v) is 4.29. The number of hydrogen-bond donors (Lipinski definition) is 2. The summed E-state index contributed by atoms with van der Waals surface area (Å²) in [6, 6.07) is 14.5. The van der Waals surface area contributed by atoms with Gasteiger partial charge in [0.1, 0.15) is 12.4 Å². The maximum atomic E-state index is 9.30. The summed E-state index contributed by atoms with van der Waals surface area (Å²) < 4.78 is 7.03. The molecule has 0 radical (unpaired) electrons. The molecule has 2 aromatic carbocycles. The van der Waals surface area contributed by atoms with Crippen molar-refractivity contribution in [3.8, 4) is 5.75 Å². The lowest BCUT2D eigenvalue weighted by atomic mass is 10.1. The smallest absolute Gasteiger partial charge is 0.124 e. The number of benzene rings is 2. The van der Waals surface area contributed by atoms with Gasteiger partial charge >= 0.3 is 0 Å². The number of aliphatic hydroxyl groups excluding tert-OH is 1. The molecule has 2 rings (SSSR count). The average molecular weight is 378 g/mol. The van der Waals surface area contributed by atoms with Crippen molar-refractivity contribution in [3.05, 3.63) is 63.6 Å². The molecule has 124 valence electrons. The molecular formula is C19H24BrNO2. The normalized spacial score (nSPS) is 12.2. The zero-order chi connectivity index (χ0) is 16.7. The highest BCUT2D eigenvalue weighted by Crippen LogP contribution is 2.24. The molecule has 2 aromatic rings. The molecule has 0 amide bonds. The molecular weight excluding hydrogens is 354 g/mol. The van der Waals surface area contributed by atoms with E-state index in [1.807, 2.05) is 18.2 Å². The van der Waals surface area contributed by atoms with Crippen molar-refractivity contribution in [2.75, 3.05) is 6.61 Å². The largest absolute Gasteiger partial charge is 0.489 e. The summed E-state index contributed by atoms with van der Waals surface area (Å²) in [4.78, 5) is 0. The fourth-order valence-electron chi connectivity index (χ4n) is 2.38. The van der Waals surface area contributed by atoms with Gasteiger partial charge in [-0.25, -0.2) is 0 Å². The summed E-state index contributed by atoms with van der Waals surface area (Å²) >= 11 is 3.51. The van der Waals surface area contributed by atoms with Gasteiger partial charge in [-0.1, -0.05) is 52.7 Å². The fourth-order valence-corrected chi connectivity index (χ4v) is 2.79.